The summed E-state index contributed by atoms with van der Waals surface area (Å²) in [5.41, 5.74) is 2.00. The molecule has 0 atom stereocenters. The minimum absolute atomic E-state index is 0.00933. The van der Waals surface area contributed by atoms with Gasteiger partial charge in [0.25, 0.3) is 5.91 Å². The highest BCUT2D eigenvalue weighted by molar-refractivity contribution is 7.08. The van der Waals surface area contributed by atoms with Crippen LogP contribution in [0.4, 0.5) is 5.69 Å². The summed E-state index contributed by atoms with van der Waals surface area (Å²) in [6, 6.07) is 13.5. The first-order chi connectivity index (χ1) is 12.5. The molecule has 0 aliphatic rings. The van der Waals surface area contributed by atoms with E-state index in [2.05, 4.69) is 5.32 Å². The number of carbonyl (C=O) groups is 2. The summed E-state index contributed by atoms with van der Waals surface area (Å²) in [7, 11) is 0. The van der Waals surface area contributed by atoms with Crippen LogP contribution in [0.15, 0.2) is 59.3 Å². The molecule has 2 aromatic carbocycles. The standard InChI is InChI=1S/C19H14ClNO4S/c20-15-3-1-2-4-17(15)25-10-18(22)21-16-9-12(13-7-8-26-11-13)5-6-14(16)19(23)24/h1-9,11H,10H2,(H,21,22)(H,23,24). The fourth-order valence-electron chi connectivity index (χ4n) is 2.33. The van der Waals surface area contributed by atoms with Crippen molar-refractivity contribution in [2.45, 2.75) is 0 Å². The normalized spacial score (nSPS) is 10.3. The number of anilines is 1. The molecule has 1 heterocycles. The number of benzene rings is 2. The van der Waals surface area contributed by atoms with E-state index >= 15 is 0 Å². The number of halogens is 1. The predicted molar refractivity (Wildman–Crippen MR) is 102 cm³/mol. The van der Waals surface area contributed by atoms with Crippen molar-refractivity contribution >= 4 is 40.5 Å². The van der Waals surface area contributed by atoms with E-state index in [-0.39, 0.29) is 17.9 Å². The summed E-state index contributed by atoms with van der Waals surface area (Å²) in [5, 5.41) is 16.2. The SMILES string of the molecule is O=C(COc1ccccc1Cl)Nc1cc(-c2ccsc2)ccc1C(=O)O. The third-order valence-corrected chi connectivity index (χ3v) is 4.57. The third kappa shape index (κ3) is 4.22. The number of amides is 1. The van der Waals surface area contributed by atoms with E-state index in [0.717, 1.165) is 11.1 Å². The van der Waals surface area contributed by atoms with Gasteiger partial charge in [0.15, 0.2) is 6.61 Å². The minimum Gasteiger partial charge on any atom is -0.482 e. The first-order valence-corrected chi connectivity index (χ1v) is 8.94. The van der Waals surface area contributed by atoms with E-state index in [0.29, 0.717) is 10.8 Å². The van der Waals surface area contributed by atoms with Crippen molar-refractivity contribution in [2.75, 3.05) is 11.9 Å². The van der Waals surface area contributed by atoms with Gasteiger partial charge >= 0.3 is 5.97 Å². The zero-order valence-corrected chi connectivity index (χ0v) is 15.0. The maximum atomic E-state index is 12.2. The molecule has 1 aromatic heterocycles. The fraction of sp³-hybridized carbons (Fsp3) is 0.0526. The first-order valence-electron chi connectivity index (χ1n) is 7.61. The number of hydrogen-bond donors (Lipinski definition) is 2. The van der Waals surface area contributed by atoms with Crippen molar-refractivity contribution in [3.63, 3.8) is 0 Å². The minimum atomic E-state index is -1.12. The highest BCUT2D eigenvalue weighted by Gasteiger charge is 2.15. The summed E-state index contributed by atoms with van der Waals surface area (Å²) >= 11 is 7.51. The van der Waals surface area contributed by atoms with Crippen molar-refractivity contribution in [1.29, 1.82) is 0 Å². The van der Waals surface area contributed by atoms with Gasteiger partial charge in [0.05, 0.1) is 16.3 Å². The molecule has 0 aliphatic heterocycles. The number of carbonyl (C=O) groups excluding carboxylic acids is 1. The van der Waals surface area contributed by atoms with Gasteiger partial charge in [-0.3, -0.25) is 4.79 Å². The van der Waals surface area contributed by atoms with Gasteiger partial charge in [0.2, 0.25) is 0 Å². The Morgan fingerprint density at radius 2 is 1.92 bits per heavy atom. The fourth-order valence-corrected chi connectivity index (χ4v) is 3.19. The van der Waals surface area contributed by atoms with E-state index in [9.17, 15) is 14.7 Å². The lowest BCUT2D eigenvalue weighted by molar-refractivity contribution is -0.118. The molecular weight excluding hydrogens is 374 g/mol. The van der Waals surface area contributed by atoms with Gasteiger partial charge in [-0.25, -0.2) is 4.79 Å². The third-order valence-electron chi connectivity index (χ3n) is 3.57. The zero-order chi connectivity index (χ0) is 18.5. The summed E-state index contributed by atoms with van der Waals surface area (Å²) in [4.78, 5) is 23.6. The van der Waals surface area contributed by atoms with Crippen LogP contribution in [-0.4, -0.2) is 23.6 Å². The van der Waals surface area contributed by atoms with Crippen molar-refractivity contribution in [2.24, 2.45) is 0 Å². The Labute approximate surface area is 158 Å². The molecule has 5 nitrogen and oxygen atoms in total. The van der Waals surface area contributed by atoms with E-state index in [1.165, 1.54) is 17.4 Å². The van der Waals surface area contributed by atoms with Gasteiger partial charge in [-0.05, 0) is 52.2 Å². The molecule has 0 unspecified atom stereocenters. The van der Waals surface area contributed by atoms with Crippen LogP contribution in [0.1, 0.15) is 10.4 Å². The zero-order valence-electron chi connectivity index (χ0n) is 13.4. The Morgan fingerprint density at radius 1 is 1.12 bits per heavy atom. The van der Waals surface area contributed by atoms with Gasteiger partial charge in [-0.2, -0.15) is 11.3 Å². The number of nitrogens with one attached hydrogen (secondary N) is 1. The molecule has 0 saturated carbocycles. The number of para-hydroxylation sites is 1. The molecule has 3 rings (SSSR count). The Hall–Kier alpha value is -2.83. The summed E-state index contributed by atoms with van der Waals surface area (Å²) < 4.78 is 5.38. The van der Waals surface area contributed by atoms with Crippen LogP contribution in [0.5, 0.6) is 5.75 Å². The van der Waals surface area contributed by atoms with Crippen LogP contribution in [0.3, 0.4) is 0 Å². The second-order valence-corrected chi connectivity index (χ2v) is 6.53. The molecular formula is C19H14ClNO4S. The maximum Gasteiger partial charge on any atom is 0.337 e. The van der Waals surface area contributed by atoms with Gasteiger partial charge in [-0.15, -0.1) is 0 Å². The molecule has 132 valence electrons. The van der Waals surface area contributed by atoms with Crippen LogP contribution in [0.25, 0.3) is 11.1 Å². The Kier molecular flexibility index (Phi) is 5.55. The Bertz CT molecular complexity index is 940. The molecule has 0 fully saturated rings. The average molecular weight is 388 g/mol. The highest BCUT2D eigenvalue weighted by Crippen LogP contribution is 2.28. The first kappa shape index (κ1) is 18.0. The van der Waals surface area contributed by atoms with Crippen LogP contribution in [0, 0.1) is 0 Å². The number of rotatable bonds is 6. The highest BCUT2D eigenvalue weighted by atomic mass is 35.5. The number of carboxylic acids is 1. The van der Waals surface area contributed by atoms with Crippen molar-refractivity contribution in [1.82, 2.24) is 0 Å². The van der Waals surface area contributed by atoms with E-state index in [4.69, 9.17) is 16.3 Å². The number of ether oxygens (including phenoxy) is 1. The van der Waals surface area contributed by atoms with Crippen molar-refractivity contribution in [3.05, 3.63) is 69.9 Å². The van der Waals surface area contributed by atoms with E-state index in [1.807, 2.05) is 16.8 Å². The Balaban J connectivity index is 1.76. The van der Waals surface area contributed by atoms with Crippen molar-refractivity contribution in [3.8, 4) is 16.9 Å². The van der Waals surface area contributed by atoms with Crippen LogP contribution >= 0.6 is 22.9 Å². The molecule has 1 amide bonds. The lowest BCUT2D eigenvalue weighted by atomic mass is 10.0. The van der Waals surface area contributed by atoms with Gasteiger partial charge in [0, 0.05) is 0 Å². The smallest absolute Gasteiger partial charge is 0.337 e. The predicted octanol–water partition coefficient (Wildman–Crippen LogP) is 4.78. The molecule has 0 bridgehead atoms. The second kappa shape index (κ2) is 8.03. The molecule has 0 radical (unpaired) electrons. The largest absolute Gasteiger partial charge is 0.482 e. The van der Waals surface area contributed by atoms with Crippen LogP contribution in [0.2, 0.25) is 5.02 Å². The molecule has 0 aliphatic carbocycles. The average Bonchev–Trinajstić information content (AvgIpc) is 3.15. The molecule has 0 spiro atoms. The second-order valence-electron chi connectivity index (χ2n) is 5.34. The van der Waals surface area contributed by atoms with Gasteiger partial charge in [0.1, 0.15) is 5.75 Å². The van der Waals surface area contributed by atoms with Gasteiger partial charge < -0.3 is 15.2 Å². The van der Waals surface area contributed by atoms with Gasteiger partial charge in [-0.1, -0.05) is 29.8 Å². The van der Waals surface area contributed by atoms with E-state index < -0.39 is 11.9 Å². The number of aromatic carboxylic acids is 1. The van der Waals surface area contributed by atoms with Crippen molar-refractivity contribution < 1.29 is 19.4 Å². The van der Waals surface area contributed by atoms with E-state index in [1.54, 1.807) is 36.4 Å². The summed E-state index contributed by atoms with van der Waals surface area (Å²) in [6.45, 7) is -0.286. The Morgan fingerprint density at radius 3 is 2.62 bits per heavy atom. The number of hydrogen-bond acceptors (Lipinski definition) is 4. The quantitative estimate of drug-likeness (QED) is 0.638. The molecule has 7 heteroatoms. The number of carboxylic acid groups (broad SMARTS) is 1. The molecule has 2 N–H and O–H groups in total. The lowest BCUT2D eigenvalue weighted by Crippen LogP contribution is -2.21. The maximum absolute atomic E-state index is 12.2. The topological polar surface area (TPSA) is 75.6 Å². The summed E-state index contributed by atoms with van der Waals surface area (Å²) in [5.74, 6) is -1.21. The molecule has 26 heavy (non-hydrogen) atoms. The number of thiophene rings is 1. The van der Waals surface area contributed by atoms with Crippen LogP contribution < -0.4 is 10.1 Å². The molecule has 0 saturated heterocycles. The lowest BCUT2D eigenvalue weighted by Gasteiger charge is -2.12. The van der Waals surface area contributed by atoms with Crippen LogP contribution in [-0.2, 0) is 4.79 Å². The monoisotopic (exact) mass is 387 g/mol. The summed E-state index contributed by atoms with van der Waals surface area (Å²) in [6.07, 6.45) is 0. The molecule has 3 aromatic rings.